The van der Waals surface area contributed by atoms with E-state index in [2.05, 4.69) is 15.0 Å². The van der Waals surface area contributed by atoms with Crippen molar-refractivity contribution in [3.8, 4) is 5.88 Å². The Morgan fingerprint density at radius 2 is 2.50 bits per heavy atom. The molecule has 8 nitrogen and oxygen atoms in total. The summed E-state index contributed by atoms with van der Waals surface area (Å²) in [6.45, 7) is -0.155. The largest absolute Gasteiger partial charge is 0.755 e. The van der Waals surface area contributed by atoms with E-state index in [-0.39, 0.29) is 30.3 Å². The second kappa shape index (κ2) is 5.29. The molecule has 0 saturated carbocycles. The fourth-order valence-electron chi connectivity index (χ4n) is 1.46. The number of carbonyl (C=O) groups excluding carboxylic acids is 1. The summed E-state index contributed by atoms with van der Waals surface area (Å²) in [6.07, 6.45) is 1.24. The predicted octanol–water partition coefficient (Wildman–Crippen LogP) is -1.23. The minimum absolute atomic E-state index is 0.0997. The van der Waals surface area contributed by atoms with Crippen LogP contribution in [0.3, 0.4) is 0 Å². The highest BCUT2D eigenvalue weighted by molar-refractivity contribution is 7.80. The van der Waals surface area contributed by atoms with Gasteiger partial charge in [-0.15, -0.1) is 0 Å². The van der Waals surface area contributed by atoms with E-state index in [9.17, 15) is 13.6 Å². The van der Waals surface area contributed by atoms with Crippen molar-refractivity contribution in [3.63, 3.8) is 0 Å². The maximum absolute atomic E-state index is 11.8. The van der Waals surface area contributed by atoms with Crippen molar-refractivity contribution in [3.05, 3.63) is 17.8 Å². The maximum atomic E-state index is 11.8. The van der Waals surface area contributed by atoms with Crippen LogP contribution in [0.25, 0.3) is 0 Å². The molecule has 0 saturated heterocycles. The lowest BCUT2D eigenvalue weighted by molar-refractivity contribution is 0.0914. The lowest BCUT2D eigenvalue weighted by Gasteiger charge is -2.10. The molecule has 1 amide bonds. The number of nitrogens with one attached hydrogen (secondary N) is 2. The number of hydrogen-bond acceptors (Lipinski definition) is 6. The van der Waals surface area contributed by atoms with E-state index in [0.717, 1.165) is 0 Å². The number of amides is 1. The van der Waals surface area contributed by atoms with Gasteiger partial charge in [0.05, 0.1) is 24.5 Å². The number of hydrogen-bond donors (Lipinski definition) is 3. The van der Waals surface area contributed by atoms with Gasteiger partial charge in [0.25, 0.3) is 5.91 Å². The van der Waals surface area contributed by atoms with Gasteiger partial charge in [-0.2, -0.15) is 0 Å². The van der Waals surface area contributed by atoms with Crippen LogP contribution in [0.5, 0.6) is 5.88 Å². The van der Waals surface area contributed by atoms with Gasteiger partial charge < -0.3 is 24.4 Å². The Hall–Kier alpha value is -1.71. The van der Waals surface area contributed by atoms with Crippen LogP contribution in [0.2, 0.25) is 0 Å². The topological polar surface area (TPSA) is 124 Å². The van der Waals surface area contributed by atoms with Gasteiger partial charge in [0.15, 0.2) is 0 Å². The Morgan fingerprint density at radius 1 is 1.72 bits per heavy atom. The predicted molar refractivity (Wildman–Crippen MR) is 60.6 cm³/mol. The van der Waals surface area contributed by atoms with Gasteiger partial charge >= 0.3 is 0 Å². The standard InChI is InChI=1S/C9H11N3O5S/c13-3-6-4-17-9-7(8(14)11-6)1-5(2-10-9)12-18(15)16/h1-2,6,12-13H,3-4H2,(H,11,14)(H,15,16)/p-1/t6-/m0/s1. The molecular weight excluding hydrogens is 262 g/mol. The molecule has 0 fully saturated rings. The number of pyridine rings is 1. The van der Waals surface area contributed by atoms with E-state index in [1.54, 1.807) is 0 Å². The first-order chi connectivity index (χ1) is 8.60. The maximum Gasteiger partial charge on any atom is 0.257 e. The highest BCUT2D eigenvalue weighted by atomic mass is 32.2. The molecule has 1 aromatic rings. The van der Waals surface area contributed by atoms with E-state index in [4.69, 9.17) is 9.84 Å². The normalized spacial score (nSPS) is 20.1. The molecule has 0 aromatic carbocycles. The molecule has 2 heterocycles. The zero-order valence-corrected chi connectivity index (χ0v) is 9.90. The van der Waals surface area contributed by atoms with Gasteiger partial charge in [-0.25, -0.2) is 4.98 Å². The number of nitrogens with zero attached hydrogens (tertiary/aromatic N) is 1. The van der Waals surface area contributed by atoms with Gasteiger partial charge in [0.2, 0.25) is 5.88 Å². The Morgan fingerprint density at radius 3 is 3.17 bits per heavy atom. The van der Waals surface area contributed by atoms with Crippen molar-refractivity contribution in [2.75, 3.05) is 17.9 Å². The van der Waals surface area contributed by atoms with Crippen molar-refractivity contribution >= 4 is 22.9 Å². The van der Waals surface area contributed by atoms with Gasteiger partial charge in [-0.3, -0.25) is 9.00 Å². The summed E-state index contributed by atoms with van der Waals surface area (Å²) >= 11 is -2.49. The zero-order chi connectivity index (χ0) is 13.1. The second-order valence-corrected chi connectivity index (χ2v) is 4.25. The molecule has 0 spiro atoms. The molecule has 0 bridgehead atoms. The van der Waals surface area contributed by atoms with Gasteiger partial charge in [-0.1, -0.05) is 0 Å². The van der Waals surface area contributed by atoms with Crippen molar-refractivity contribution in [2.45, 2.75) is 6.04 Å². The summed E-state index contributed by atoms with van der Waals surface area (Å²) in [5, 5.41) is 11.5. The monoisotopic (exact) mass is 272 g/mol. The summed E-state index contributed by atoms with van der Waals surface area (Å²) < 4.78 is 28.3. The lowest BCUT2D eigenvalue weighted by Crippen LogP contribution is -2.39. The van der Waals surface area contributed by atoms with Crippen LogP contribution in [-0.2, 0) is 11.3 Å². The number of ether oxygens (including phenoxy) is 1. The minimum atomic E-state index is -2.49. The fourth-order valence-corrected chi connectivity index (χ4v) is 1.77. The first kappa shape index (κ1) is 12.7. The van der Waals surface area contributed by atoms with Crippen molar-refractivity contribution in [1.82, 2.24) is 10.3 Å². The number of carbonyl (C=O) groups is 1. The highest BCUT2D eigenvalue weighted by Crippen LogP contribution is 2.21. The number of aliphatic hydroxyl groups excluding tert-OH is 1. The summed E-state index contributed by atoms with van der Waals surface area (Å²) in [7, 11) is 0. The molecular formula is C9H10N3O5S-. The molecule has 3 N–H and O–H groups in total. The molecule has 0 radical (unpaired) electrons. The quantitative estimate of drug-likeness (QED) is 0.592. The number of aliphatic hydroxyl groups is 1. The molecule has 1 unspecified atom stereocenters. The van der Waals surface area contributed by atoms with E-state index in [1.165, 1.54) is 12.3 Å². The van der Waals surface area contributed by atoms with E-state index < -0.39 is 23.2 Å². The summed E-state index contributed by atoms with van der Waals surface area (Å²) in [4.78, 5) is 15.6. The summed E-state index contributed by atoms with van der Waals surface area (Å²) in [6, 6.07) is 0.796. The lowest BCUT2D eigenvalue weighted by atomic mass is 10.2. The smallest absolute Gasteiger partial charge is 0.257 e. The van der Waals surface area contributed by atoms with E-state index >= 15 is 0 Å². The van der Waals surface area contributed by atoms with E-state index in [1.807, 2.05) is 0 Å². The first-order valence-corrected chi connectivity index (χ1v) is 6.08. The van der Waals surface area contributed by atoms with Crippen LogP contribution in [0.15, 0.2) is 12.3 Å². The Kier molecular flexibility index (Phi) is 3.75. The average Bonchev–Trinajstić information content (AvgIpc) is 2.48. The number of aromatic nitrogens is 1. The molecule has 98 valence electrons. The molecule has 1 aliphatic rings. The zero-order valence-electron chi connectivity index (χ0n) is 9.08. The molecule has 0 aliphatic carbocycles. The molecule has 1 aromatic heterocycles. The summed E-state index contributed by atoms with van der Waals surface area (Å²) in [5.74, 6) is -0.375. The van der Waals surface area contributed by atoms with Gasteiger partial charge in [0, 0.05) is 11.3 Å². The minimum Gasteiger partial charge on any atom is -0.755 e. The van der Waals surface area contributed by atoms with Gasteiger partial charge in [0.1, 0.15) is 12.2 Å². The van der Waals surface area contributed by atoms with Crippen LogP contribution in [0.1, 0.15) is 10.4 Å². The van der Waals surface area contributed by atoms with Crippen molar-refractivity contribution in [1.29, 1.82) is 0 Å². The van der Waals surface area contributed by atoms with E-state index in [0.29, 0.717) is 0 Å². The third-order valence-corrected chi connectivity index (χ3v) is 2.68. The van der Waals surface area contributed by atoms with Crippen LogP contribution in [-0.4, -0.2) is 44.0 Å². The number of rotatable bonds is 3. The first-order valence-electron chi connectivity index (χ1n) is 5.00. The van der Waals surface area contributed by atoms with Crippen LogP contribution in [0.4, 0.5) is 5.69 Å². The van der Waals surface area contributed by atoms with Crippen LogP contribution in [0, 0.1) is 0 Å². The molecule has 2 rings (SSSR count). The average molecular weight is 272 g/mol. The molecule has 18 heavy (non-hydrogen) atoms. The third-order valence-electron chi connectivity index (χ3n) is 2.27. The van der Waals surface area contributed by atoms with Crippen LogP contribution < -0.4 is 14.8 Å². The van der Waals surface area contributed by atoms with Crippen LogP contribution >= 0.6 is 0 Å². The Labute approximate surface area is 105 Å². The summed E-state index contributed by atoms with van der Waals surface area (Å²) in [5.41, 5.74) is 0.268. The van der Waals surface area contributed by atoms with Gasteiger partial charge in [-0.05, 0) is 6.07 Å². The fraction of sp³-hybridized carbons (Fsp3) is 0.333. The third kappa shape index (κ3) is 2.75. The Balaban J connectivity index is 2.29. The van der Waals surface area contributed by atoms with Crippen molar-refractivity contribution < 1.29 is 23.4 Å². The molecule has 9 heteroatoms. The second-order valence-electron chi connectivity index (χ2n) is 3.58. The number of fused-ring (bicyclic) bond motifs is 1. The highest BCUT2D eigenvalue weighted by Gasteiger charge is 2.23. The Bertz CT molecular complexity index is 495. The number of anilines is 1. The molecule has 1 aliphatic heterocycles. The molecule has 2 atom stereocenters. The van der Waals surface area contributed by atoms with Crippen molar-refractivity contribution in [2.24, 2.45) is 0 Å². The SMILES string of the molecule is O=C1N[C@@H](CO)COc2ncc(NS(=O)[O-])cc21.